The Morgan fingerprint density at radius 2 is 1.40 bits per heavy atom. The van der Waals surface area contributed by atoms with Crippen molar-refractivity contribution in [1.82, 2.24) is 0 Å². The highest BCUT2D eigenvalue weighted by molar-refractivity contribution is 5.43. The lowest BCUT2D eigenvalue weighted by Gasteiger charge is -2.39. The zero-order valence-electron chi connectivity index (χ0n) is 19.8. The van der Waals surface area contributed by atoms with Gasteiger partial charge >= 0.3 is 0 Å². The predicted octanol–water partition coefficient (Wildman–Crippen LogP) is 6.56. The highest BCUT2D eigenvalue weighted by Crippen LogP contribution is 2.34. The molecule has 0 saturated heterocycles. The molecule has 174 valence electrons. The molecule has 0 aliphatic carbocycles. The summed E-state index contributed by atoms with van der Waals surface area (Å²) in [6.45, 7) is 10.6. The largest absolute Gasteiger partial charge is 0.494 e. The standard InChI is InChI=1S/C25H45NO4/c1-5-9-10-11-12-13-16-22(25(28-6-2,29-7-3)30-8-4)17-15-20-27-24-19-14-18-23(26)21-24/h14,18-19,21-22H,5-13,15-17,20,26H2,1-4H3. The summed E-state index contributed by atoms with van der Waals surface area (Å²) in [6, 6.07) is 7.58. The maximum Gasteiger partial charge on any atom is 0.285 e. The van der Waals surface area contributed by atoms with Gasteiger partial charge in [-0.15, -0.1) is 0 Å². The number of nitrogens with two attached hydrogens (primary N) is 1. The molecule has 1 aromatic carbocycles. The number of nitrogen functional groups attached to an aromatic ring is 1. The second-order valence-electron chi connectivity index (χ2n) is 7.72. The molecule has 0 bridgehead atoms. The Morgan fingerprint density at radius 3 is 2.00 bits per heavy atom. The van der Waals surface area contributed by atoms with Crippen LogP contribution in [-0.2, 0) is 14.2 Å². The molecule has 5 heteroatoms. The Kier molecular flexibility index (Phi) is 14.6. The van der Waals surface area contributed by atoms with E-state index in [1.807, 2.05) is 45.0 Å². The molecular formula is C25H45NO4. The van der Waals surface area contributed by atoms with Crippen molar-refractivity contribution in [2.75, 3.05) is 32.2 Å². The van der Waals surface area contributed by atoms with E-state index in [1.165, 1.54) is 38.5 Å². The molecule has 0 amide bonds. The van der Waals surface area contributed by atoms with E-state index < -0.39 is 5.97 Å². The van der Waals surface area contributed by atoms with Crippen LogP contribution in [0.5, 0.6) is 5.75 Å². The Balaban J connectivity index is 2.68. The fourth-order valence-corrected chi connectivity index (χ4v) is 3.88. The van der Waals surface area contributed by atoms with Gasteiger partial charge in [0.15, 0.2) is 0 Å². The molecule has 2 N–H and O–H groups in total. The molecule has 0 saturated carbocycles. The lowest BCUT2D eigenvalue weighted by molar-refractivity contribution is -0.403. The summed E-state index contributed by atoms with van der Waals surface area (Å²) >= 11 is 0. The van der Waals surface area contributed by atoms with Crippen LogP contribution in [-0.4, -0.2) is 32.4 Å². The second kappa shape index (κ2) is 16.4. The molecule has 1 aromatic rings. The third-order valence-corrected chi connectivity index (χ3v) is 5.27. The van der Waals surface area contributed by atoms with Gasteiger partial charge in [-0.2, -0.15) is 0 Å². The summed E-state index contributed by atoms with van der Waals surface area (Å²) in [5, 5.41) is 0. The molecule has 1 unspecified atom stereocenters. The number of hydrogen-bond acceptors (Lipinski definition) is 5. The maximum atomic E-state index is 6.10. The van der Waals surface area contributed by atoms with Crippen molar-refractivity contribution in [2.24, 2.45) is 5.92 Å². The Labute approximate surface area is 184 Å². The van der Waals surface area contributed by atoms with E-state index in [4.69, 9.17) is 24.7 Å². The summed E-state index contributed by atoms with van der Waals surface area (Å²) in [6.07, 6.45) is 10.5. The van der Waals surface area contributed by atoms with Crippen molar-refractivity contribution < 1.29 is 18.9 Å². The number of anilines is 1. The Morgan fingerprint density at radius 1 is 0.800 bits per heavy atom. The third-order valence-electron chi connectivity index (χ3n) is 5.27. The van der Waals surface area contributed by atoms with E-state index in [1.54, 1.807) is 0 Å². The van der Waals surface area contributed by atoms with Gasteiger partial charge in [0, 0.05) is 37.5 Å². The van der Waals surface area contributed by atoms with Crippen LogP contribution in [0.3, 0.4) is 0 Å². The van der Waals surface area contributed by atoms with Gasteiger partial charge in [-0.25, -0.2) is 0 Å². The summed E-state index contributed by atoms with van der Waals surface area (Å²) in [5.41, 5.74) is 6.56. The maximum absolute atomic E-state index is 6.10. The fraction of sp³-hybridized carbons (Fsp3) is 0.760. The first-order chi connectivity index (χ1) is 14.6. The van der Waals surface area contributed by atoms with Crippen LogP contribution in [0.25, 0.3) is 0 Å². The van der Waals surface area contributed by atoms with Gasteiger partial charge in [-0.1, -0.05) is 51.5 Å². The first kappa shape index (κ1) is 26.7. The highest BCUT2D eigenvalue weighted by Gasteiger charge is 2.41. The molecule has 0 aromatic heterocycles. The Bertz CT molecular complexity index is 521. The molecule has 5 nitrogen and oxygen atoms in total. The van der Waals surface area contributed by atoms with Crippen molar-refractivity contribution in [3.63, 3.8) is 0 Å². The molecule has 1 atom stereocenters. The number of benzene rings is 1. The van der Waals surface area contributed by atoms with E-state index in [0.29, 0.717) is 26.4 Å². The van der Waals surface area contributed by atoms with Crippen LogP contribution in [0.1, 0.15) is 85.5 Å². The predicted molar refractivity (Wildman–Crippen MR) is 125 cm³/mol. The second-order valence-corrected chi connectivity index (χ2v) is 7.72. The van der Waals surface area contributed by atoms with Crippen LogP contribution in [0.2, 0.25) is 0 Å². The normalized spacial score (nSPS) is 12.8. The lowest BCUT2D eigenvalue weighted by Crippen LogP contribution is -2.47. The molecule has 0 spiro atoms. The Hall–Kier alpha value is -1.30. The van der Waals surface area contributed by atoms with Gasteiger partial charge in [0.1, 0.15) is 5.75 Å². The van der Waals surface area contributed by atoms with Crippen LogP contribution < -0.4 is 10.5 Å². The molecule has 0 radical (unpaired) electrons. The summed E-state index contributed by atoms with van der Waals surface area (Å²) in [5.74, 6) is 0.0277. The van der Waals surface area contributed by atoms with Gasteiger partial charge in [0.25, 0.3) is 5.97 Å². The third kappa shape index (κ3) is 10.1. The molecule has 0 heterocycles. The first-order valence-corrected chi connectivity index (χ1v) is 12.0. The number of rotatable bonds is 19. The molecular weight excluding hydrogens is 378 g/mol. The van der Waals surface area contributed by atoms with E-state index >= 15 is 0 Å². The first-order valence-electron chi connectivity index (χ1n) is 12.0. The van der Waals surface area contributed by atoms with Crippen molar-refractivity contribution >= 4 is 5.69 Å². The topological polar surface area (TPSA) is 62.9 Å². The molecule has 1 rings (SSSR count). The van der Waals surface area contributed by atoms with Crippen LogP contribution >= 0.6 is 0 Å². The highest BCUT2D eigenvalue weighted by atomic mass is 16.9. The molecule has 0 fully saturated rings. The van der Waals surface area contributed by atoms with Crippen LogP contribution in [0.4, 0.5) is 5.69 Å². The SMILES string of the molecule is CCCCCCCCC(CCCOc1cccc(N)c1)C(OCC)(OCC)OCC. The van der Waals surface area contributed by atoms with E-state index in [-0.39, 0.29) is 5.92 Å². The van der Waals surface area contributed by atoms with Crippen LogP contribution in [0.15, 0.2) is 24.3 Å². The van der Waals surface area contributed by atoms with Crippen molar-refractivity contribution in [3.8, 4) is 5.75 Å². The average molecular weight is 424 g/mol. The van der Waals surface area contributed by atoms with Crippen molar-refractivity contribution in [3.05, 3.63) is 24.3 Å². The van der Waals surface area contributed by atoms with E-state index in [2.05, 4.69) is 6.92 Å². The van der Waals surface area contributed by atoms with E-state index in [9.17, 15) is 0 Å². The number of unbranched alkanes of at least 4 members (excludes halogenated alkanes) is 5. The molecule has 0 aliphatic rings. The quantitative estimate of drug-likeness (QED) is 0.155. The van der Waals surface area contributed by atoms with Gasteiger partial charge in [-0.3, -0.25) is 0 Å². The zero-order chi connectivity index (χ0) is 22.1. The van der Waals surface area contributed by atoms with Crippen LogP contribution in [0, 0.1) is 5.92 Å². The summed E-state index contributed by atoms with van der Waals surface area (Å²) in [7, 11) is 0. The fourth-order valence-electron chi connectivity index (χ4n) is 3.88. The van der Waals surface area contributed by atoms with E-state index in [0.717, 1.165) is 30.7 Å². The van der Waals surface area contributed by atoms with Gasteiger partial charge < -0.3 is 24.7 Å². The minimum absolute atomic E-state index is 0.174. The summed E-state index contributed by atoms with van der Waals surface area (Å²) in [4.78, 5) is 0. The zero-order valence-corrected chi connectivity index (χ0v) is 19.8. The monoisotopic (exact) mass is 423 g/mol. The van der Waals surface area contributed by atoms with Gasteiger partial charge in [-0.05, 0) is 52.2 Å². The summed E-state index contributed by atoms with van der Waals surface area (Å²) < 4.78 is 24.2. The van der Waals surface area contributed by atoms with Crippen molar-refractivity contribution in [2.45, 2.75) is 91.5 Å². The van der Waals surface area contributed by atoms with Gasteiger partial charge in [0.2, 0.25) is 0 Å². The lowest BCUT2D eigenvalue weighted by atomic mass is 9.93. The number of hydrogen-bond donors (Lipinski definition) is 1. The molecule has 30 heavy (non-hydrogen) atoms. The van der Waals surface area contributed by atoms with Crippen molar-refractivity contribution in [1.29, 1.82) is 0 Å². The minimum atomic E-state index is -0.959. The number of ether oxygens (including phenoxy) is 4. The minimum Gasteiger partial charge on any atom is -0.494 e. The average Bonchev–Trinajstić information content (AvgIpc) is 2.72. The van der Waals surface area contributed by atoms with Gasteiger partial charge in [0.05, 0.1) is 6.61 Å². The smallest absolute Gasteiger partial charge is 0.285 e. The molecule has 0 aliphatic heterocycles.